The Morgan fingerprint density at radius 1 is 1.09 bits per heavy atom. The molecule has 0 spiro atoms. The fourth-order valence-electron chi connectivity index (χ4n) is 5.95. The van der Waals surface area contributed by atoms with Crippen molar-refractivity contribution < 1.29 is 29.1 Å². The number of nitrogens with one attached hydrogen (secondary N) is 4. The number of fused-ring (bicyclic) bond motifs is 1. The smallest absolute Gasteiger partial charge is 0.263 e. The van der Waals surface area contributed by atoms with Crippen LogP contribution in [0.15, 0.2) is 35.7 Å². The van der Waals surface area contributed by atoms with Gasteiger partial charge in [0.1, 0.15) is 22.7 Å². The fourth-order valence-corrected chi connectivity index (χ4v) is 7.00. The molecule has 5 atom stereocenters. The van der Waals surface area contributed by atoms with Crippen molar-refractivity contribution in [3.05, 3.63) is 51.2 Å². The normalized spacial score (nSPS) is 25.6. The molecule has 4 rings (SSSR count). The molecule has 2 aliphatic heterocycles. The van der Waals surface area contributed by atoms with Crippen LogP contribution in [0.25, 0.3) is 0 Å². The Balaban J connectivity index is 1.50. The topological polar surface area (TPSA) is 157 Å². The number of phenols is 1. The number of benzene rings is 1. The van der Waals surface area contributed by atoms with E-state index in [0.29, 0.717) is 29.2 Å². The summed E-state index contributed by atoms with van der Waals surface area (Å²) in [6, 6.07) is 5.93. The Hall–Kier alpha value is -3.64. The van der Waals surface area contributed by atoms with E-state index in [-0.39, 0.29) is 91.9 Å². The Labute approximate surface area is 278 Å². The van der Waals surface area contributed by atoms with Crippen LogP contribution in [0.5, 0.6) is 5.75 Å². The van der Waals surface area contributed by atoms with Crippen molar-refractivity contribution in [1.29, 1.82) is 0 Å². The molecule has 5 N–H and O–H groups in total. The lowest BCUT2D eigenvalue weighted by molar-refractivity contribution is -0.139. The molecule has 250 valence electrons. The Morgan fingerprint density at radius 2 is 1.83 bits per heavy atom. The number of nitrogens with zero attached hydrogens (tertiary/aromatic N) is 1. The standard InChI is InChI=1S/C33H44ClN5O6S/c1-19(2)25-11-6-20(3)15-28(41)37-26(16-21-7-9-23(40)10-8-21)31(43)35-13-4-5-29(42)39-18-22(17-27(39)32(44)38-25)36-33(45)30-24(34)12-14-46-30/h7-10,12,14,19-20,22,25-27,40H,4-6,11,13,15-18H2,1-3H3,(H,35,43)(H,36,45)(H,37,41)(H,38,44)/t20-,22-,25+,26+,27+/m1/s1. The molecular formula is C33H44ClN5O6S. The molecule has 2 aromatic rings. The summed E-state index contributed by atoms with van der Waals surface area (Å²) < 4.78 is 0. The van der Waals surface area contributed by atoms with Crippen molar-refractivity contribution >= 4 is 52.5 Å². The number of carbonyl (C=O) groups excluding carboxylic acids is 5. The Bertz CT molecular complexity index is 1400. The van der Waals surface area contributed by atoms with Gasteiger partial charge in [0.2, 0.25) is 23.6 Å². The summed E-state index contributed by atoms with van der Waals surface area (Å²) >= 11 is 7.38. The maximum atomic E-state index is 13.7. The fraction of sp³-hybridized carbons (Fsp3) is 0.545. The molecule has 13 heteroatoms. The molecule has 2 saturated heterocycles. The molecular weight excluding hydrogens is 630 g/mol. The van der Waals surface area contributed by atoms with E-state index in [1.165, 1.54) is 28.4 Å². The lowest BCUT2D eigenvalue weighted by Gasteiger charge is -2.29. The van der Waals surface area contributed by atoms with Crippen LogP contribution in [0, 0.1) is 11.8 Å². The van der Waals surface area contributed by atoms with E-state index in [4.69, 9.17) is 11.6 Å². The zero-order valence-corrected chi connectivity index (χ0v) is 28.1. The van der Waals surface area contributed by atoms with Gasteiger partial charge in [-0.05, 0) is 66.7 Å². The Kier molecular flexibility index (Phi) is 12.5. The van der Waals surface area contributed by atoms with E-state index in [2.05, 4.69) is 21.3 Å². The number of rotatable bonds is 5. The quantitative estimate of drug-likeness (QED) is 0.328. The van der Waals surface area contributed by atoms with Gasteiger partial charge in [0.25, 0.3) is 5.91 Å². The summed E-state index contributed by atoms with van der Waals surface area (Å²) in [6.45, 7) is 6.39. The summed E-state index contributed by atoms with van der Waals surface area (Å²) in [5.74, 6) is -1.26. The minimum absolute atomic E-state index is 0.0114. The summed E-state index contributed by atoms with van der Waals surface area (Å²) in [7, 11) is 0. The van der Waals surface area contributed by atoms with E-state index in [1.807, 2.05) is 20.8 Å². The van der Waals surface area contributed by atoms with E-state index < -0.39 is 18.1 Å². The van der Waals surface area contributed by atoms with Crippen molar-refractivity contribution in [2.45, 2.75) is 89.9 Å². The maximum Gasteiger partial charge on any atom is 0.263 e. The van der Waals surface area contributed by atoms with Crippen molar-refractivity contribution in [2.75, 3.05) is 13.1 Å². The summed E-state index contributed by atoms with van der Waals surface area (Å²) in [4.78, 5) is 68.2. The average molecular weight is 674 g/mol. The third kappa shape index (κ3) is 9.68. The molecule has 46 heavy (non-hydrogen) atoms. The molecule has 3 heterocycles. The molecule has 1 aromatic carbocycles. The lowest BCUT2D eigenvalue weighted by Crippen LogP contribution is -2.50. The van der Waals surface area contributed by atoms with Gasteiger partial charge in [-0.3, -0.25) is 24.0 Å². The molecule has 0 bridgehead atoms. The molecule has 0 radical (unpaired) electrons. The number of carbonyl (C=O) groups is 5. The third-order valence-electron chi connectivity index (χ3n) is 8.61. The monoisotopic (exact) mass is 673 g/mol. The summed E-state index contributed by atoms with van der Waals surface area (Å²) in [6.07, 6.45) is 2.43. The van der Waals surface area contributed by atoms with Gasteiger partial charge >= 0.3 is 0 Å². The number of thiophene rings is 1. The Morgan fingerprint density at radius 3 is 2.50 bits per heavy atom. The SMILES string of the molecule is CC(C)[C@@H]1CC[C@@H](C)CC(=O)N[C@@H](Cc2ccc(O)cc2)C(=O)NCCCC(=O)N2C[C@H](NC(=O)c3sccc3Cl)C[C@H]2C(=O)N1. The second-order valence-corrected chi connectivity index (χ2v) is 14.0. The van der Waals surface area contributed by atoms with Crippen LogP contribution in [0.1, 0.15) is 74.5 Å². The van der Waals surface area contributed by atoms with Crippen molar-refractivity contribution in [1.82, 2.24) is 26.2 Å². The van der Waals surface area contributed by atoms with Crippen molar-refractivity contribution in [2.24, 2.45) is 11.8 Å². The maximum absolute atomic E-state index is 13.7. The first kappa shape index (κ1) is 35.2. The van der Waals surface area contributed by atoms with E-state index in [0.717, 1.165) is 5.56 Å². The number of aromatic hydroxyl groups is 1. The van der Waals surface area contributed by atoms with E-state index in [1.54, 1.807) is 23.6 Å². The number of hydrogen-bond acceptors (Lipinski definition) is 7. The van der Waals surface area contributed by atoms with Gasteiger partial charge in [-0.2, -0.15) is 0 Å². The van der Waals surface area contributed by atoms with Crippen LogP contribution in [-0.2, 0) is 25.6 Å². The molecule has 0 unspecified atom stereocenters. The van der Waals surface area contributed by atoms with Crippen LogP contribution in [-0.4, -0.2) is 76.8 Å². The second kappa shape index (κ2) is 16.3. The predicted molar refractivity (Wildman–Crippen MR) is 176 cm³/mol. The number of halogens is 1. The molecule has 0 aliphatic carbocycles. The van der Waals surface area contributed by atoms with Gasteiger partial charge in [-0.25, -0.2) is 0 Å². The second-order valence-electron chi connectivity index (χ2n) is 12.7. The van der Waals surface area contributed by atoms with Gasteiger partial charge in [0.05, 0.1) is 5.02 Å². The lowest BCUT2D eigenvalue weighted by atomic mass is 9.92. The zero-order valence-electron chi connectivity index (χ0n) is 26.5. The highest BCUT2D eigenvalue weighted by molar-refractivity contribution is 7.12. The van der Waals surface area contributed by atoms with Crippen LogP contribution < -0.4 is 21.3 Å². The molecule has 2 fully saturated rings. The zero-order chi connectivity index (χ0) is 33.4. The van der Waals surface area contributed by atoms with Crippen molar-refractivity contribution in [3.63, 3.8) is 0 Å². The summed E-state index contributed by atoms with van der Waals surface area (Å²) in [5.41, 5.74) is 0.780. The molecule has 2 aliphatic rings. The van der Waals surface area contributed by atoms with Crippen LogP contribution in [0.3, 0.4) is 0 Å². The molecule has 11 nitrogen and oxygen atoms in total. The van der Waals surface area contributed by atoms with Crippen LogP contribution in [0.4, 0.5) is 0 Å². The molecule has 5 amide bonds. The predicted octanol–water partition coefficient (Wildman–Crippen LogP) is 3.39. The number of hydrogen-bond donors (Lipinski definition) is 5. The first-order valence-corrected chi connectivity index (χ1v) is 17.2. The largest absolute Gasteiger partial charge is 0.508 e. The van der Waals surface area contributed by atoms with Gasteiger partial charge in [-0.15, -0.1) is 11.3 Å². The summed E-state index contributed by atoms with van der Waals surface area (Å²) in [5, 5.41) is 23.6. The van der Waals surface area contributed by atoms with E-state index >= 15 is 0 Å². The first-order valence-electron chi connectivity index (χ1n) is 15.9. The van der Waals surface area contributed by atoms with Crippen LogP contribution >= 0.6 is 22.9 Å². The highest BCUT2D eigenvalue weighted by atomic mass is 35.5. The number of phenolic OH excluding ortho intramolecular Hbond substituents is 1. The van der Waals surface area contributed by atoms with Gasteiger partial charge in [0.15, 0.2) is 0 Å². The minimum atomic E-state index is -0.828. The van der Waals surface area contributed by atoms with Gasteiger partial charge in [-0.1, -0.05) is 44.5 Å². The molecule has 1 aromatic heterocycles. The number of amides is 5. The van der Waals surface area contributed by atoms with Crippen molar-refractivity contribution in [3.8, 4) is 5.75 Å². The average Bonchev–Trinajstić information content (AvgIpc) is 3.63. The highest BCUT2D eigenvalue weighted by Gasteiger charge is 2.41. The van der Waals surface area contributed by atoms with Crippen LogP contribution in [0.2, 0.25) is 5.02 Å². The third-order valence-corrected chi connectivity index (χ3v) is 9.95. The van der Waals surface area contributed by atoms with Gasteiger partial charge < -0.3 is 31.3 Å². The van der Waals surface area contributed by atoms with Gasteiger partial charge in [0, 0.05) is 44.4 Å². The first-order chi connectivity index (χ1) is 21.9. The minimum Gasteiger partial charge on any atom is -0.508 e. The highest BCUT2D eigenvalue weighted by Crippen LogP contribution is 2.25. The molecule has 0 saturated carbocycles. The van der Waals surface area contributed by atoms with E-state index in [9.17, 15) is 29.1 Å².